The number of carbonyl (C=O) groups is 1. The van der Waals surface area contributed by atoms with Crippen LogP contribution >= 0.6 is 54.5 Å². The van der Waals surface area contributed by atoms with E-state index in [1.807, 2.05) is 36.4 Å². The molecule has 2 rings (SSSR count). The number of ketones is 1. The maximum Gasteiger partial charge on any atom is 0.187 e. The lowest BCUT2D eigenvalue weighted by atomic mass is 10.0. The number of rotatable bonds is 3. The van der Waals surface area contributed by atoms with Crippen LogP contribution in [-0.2, 0) is 0 Å². The Labute approximate surface area is 136 Å². The van der Waals surface area contributed by atoms with Crippen LogP contribution in [0.4, 0.5) is 0 Å². The van der Waals surface area contributed by atoms with Crippen LogP contribution in [-0.4, -0.2) is 9.52 Å². The second-order valence-corrected chi connectivity index (χ2v) is 7.95. The Kier molecular flexibility index (Phi) is 4.98. The first-order valence-corrected chi connectivity index (χ1v) is 8.18. The van der Waals surface area contributed by atoms with E-state index in [2.05, 4.69) is 66.6 Å². The van der Waals surface area contributed by atoms with Gasteiger partial charge in [0.05, 0.1) is 0 Å². The van der Waals surface area contributed by atoms with E-state index in [0.29, 0.717) is 5.56 Å². The minimum Gasteiger partial charge on any atom is -0.292 e. The maximum absolute atomic E-state index is 11.9. The molecule has 0 N–H and O–H groups in total. The van der Waals surface area contributed by atoms with Gasteiger partial charge >= 0.3 is 0 Å². The zero-order chi connectivity index (χ0) is 13.1. The van der Waals surface area contributed by atoms with Crippen LogP contribution in [0.3, 0.4) is 0 Å². The first-order chi connectivity index (χ1) is 8.59. The molecule has 0 bridgehead atoms. The van der Waals surface area contributed by atoms with Crippen molar-refractivity contribution < 1.29 is 4.79 Å². The lowest BCUT2D eigenvalue weighted by Crippen LogP contribution is -2.06. The average Bonchev–Trinajstić information content (AvgIpc) is 2.38. The molecule has 0 heterocycles. The summed E-state index contributed by atoms with van der Waals surface area (Å²) in [6.45, 7) is 0. The normalized spacial score (nSPS) is 10.7. The predicted octanol–water partition coefficient (Wildman–Crippen LogP) is 5.26. The van der Waals surface area contributed by atoms with E-state index < -0.39 is 0 Å². The minimum atomic E-state index is -0.338. The molecule has 0 spiro atoms. The molecule has 0 aliphatic heterocycles. The van der Waals surface area contributed by atoms with Crippen molar-refractivity contribution in [3.63, 3.8) is 0 Å². The van der Waals surface area contributed by atoms with Gasteiger partial charge in [-0.15, -0.1) is 0 Å². The Bertz CT molecular complexity index is 582. The highest BCUT2D eigenvalue weighted by Crippen LogP contribution is 2.26. The fourth-order valence-corrected chi connectivity index (χ4v) is 2.89. The molecule has 0 aliphatic rings. The van der Waals surface area contributed by atoms with Gasteiger partial charge in [-0.1, -0.05) is 68.3 Å². The summed E-state index contributed by atoms with van der Waals surface area (Å²) in [5, 5.41) is 0. The molecule has 92 valence electrons. The third-order valence-electron chi connectivity index (χ3n) is 2.53. The molecule has 2 aromatic carbocycles. The lowest BCUT2D eigenvalue weighted by molar-refractivity contribution is 0.101. The van der Waals surface area contributed by atoms with Gasteiger partial charge in [-0.2, -0.15) is 0 Å². The Morgan fingerprint density at radius 1 is 1.06 bits per heavy atom. The summed E-state index contributed by atoms with van der Waals surface area (Å²) in [6, 6.07) is 15.8. The molecule has 0 radical (unpaired) electrons. The summed E-state index contributed by atoms with van der Waals surface area (Å²) < 4.78 is 0.837. The zero-order valence-electron chi connectivity index (χ0n) is 9.24. The van der Waals surface area contributed by atoms with E-state index in [-0.39, 0.29) is 9.52 Å². The van der Waals surface area contributed by atoms with Crippen molar-refractivity contribution in [1.82, 2.24) is 0 Å². The third-order valence-corrected chi connectivity index (χ3v) is 4.30. The molecule has 2 aromatic rings. The van der Waals surface area contributed by atoms with Crippen molar-refractivity contribution in [3.05, 3.63) is 57.7 Å². The van der Waals surface area contributed by atoms with E-state index >= 15 is 0 Å². The standard InChI is InChI=1S/C14H9Br2IO/c15-14(16)13(18)10-5-3-4-9(8-10)11-6-1-2-7-12(11)17/h1-8,14H. The Morgan fingerprint density at radius 2 is 1.78 bits per heavy atom. The second kappa shape index (κ2) is 6.30. The van der Waals surface area contributed by atoms with Gasteiger partial charge in [0, 0.05) is 9.13 Å². The number of halogens is 3. The number of alkyl halides is 2. The summed E-state index contributed by atoms with van der Waals surface area (Å²) >= 11 is 8.78. The molecule has 0 saturated carbocycles. The van der Waals surface area contributed by atoms with Crippen LogP contribution in [0.1, 0.15) is 10.4 Å². The summed E-state index contributed by atoms with van der Waals surface area (Å²) in [7, 11) is 0. The van der Waals surface area contributed by atoms with E-state index in [0.717, 1.165) is 11.1 Å². The Morgan fingerprint density at radius 3 is 2.44 bits per heavy atom. The third kappa shape index (κ3) is 3.22. The molecule has 4 heteroatoms. The van der Waals surface area contributed by atoms with Crippen LogP contribution < -0.4 is 0 Å². The number of Topliss-reactive ketones (excluding diaryl/α,β-unsaturated/α-hetero) is 1. The first kappa shape index (κ1) is 14.2. The van der Waals surface area contributed by atoms with E-state index in [1.165, 1.54) is 3.57 Å². The Balaban J connectivity index is 2.45. The van der Waals surface area contributed by atoms with Gasteiger partial charge in [0.2, 0.25) is 0 Å². The van der Waals surface area contributed by atoms with Crippen LogP contribution in [0.2, 0.25) is 0 Å². The molecule has 0 aromatic heterocycles. The largest absolute Gasteiger partial charge is 0.292 e. The van der Waals surface area contributed by atoms with Crippen LogP contribution in [0.5, 0.6) is 0 Å². The number of hydrogen-bond acceptors (Lipinski definition) is 1. The van der Waals surface area contributed by atoms with Gasteiger partial charge in [-0.05, 0) is 45.9 Å². The molecule has 0 fully saturated rings. The molecular formula is C14H9Br2IO. The van der Waals surface area contributed by atoms with Gasteiger partial charge in [0.25, 0.3) is 0 Å². The monoisotopic (exact) mass is 478 g/mol. The highest BCUT2D eigenvalue weighted by Gasteiger charge is 2.14. The first-order valence-electron chi connectivity index (χ1n) is 5.27. The molecule has 0 saturated heterocycles. The number of benzene rings is 2. The lowest BCUT2D eigenvalue weighted by Gasteiger charge is -2.07. The zero-order valence-corrected chi connectivity index (χ0v) is 14.6. The number of hydrogen-bond donors (Lipinski definition) is 0. The minimum absolute atomic E-state index is 0.0304. The van der Waals surface area contributed by atoms with E-state index in [4.69, 9.17) is 0 Å². The van der Waals surface area contributed by atoms with Crippen molar-refractivity contribution in [3.8, 4) is 11.1 Å². The molecule has 0 atom stereocenters. The average molecular weight is 480 g/mol. The molecule has 0 unspecified atom stereocenters. The fourth-order valence-electron chi connectivity index (χ4n) is 1.66. The summed E-state index contributed by atoms with van der Waals surface area (Å²) in [6.07, 6.45) is 0. The summed E-state index contributed by atoms with van der Waals surface area (Å²) in [5.74, 6) is 0.0304. The van der Waals surface area contributed by atoms with Crippen molar-refractivity contribution in [2.75, 3.05) is 0 Å². The Hall–Kier alpha value is -0.200. The summed E-state index contributed by atoms with van der Waals surface area (Å²) in [5.41, 5.74) is 2.91. The van der Waals surface area contributed by atoms with Crippen LogP contribution in [0.15, 0.2) is 48.5 Å². The fraction of sp³-hybridized carbons (Fsp3) is 0.0714. The molecule has 0 aliphatic carbocycles. The predicted molar refractivity (Wildman–Crippen MR) is 90.6 cm³/mol. The van der Waals surface area contributed by atoms with Crippen LogP contribution in [0, 0.1) is 3.57 Å². The van der Waals surface area contributed by atoms with Crippen molar-refractivity contribution in [2.24, 2.45) is 0 Å². The van der Waals surface area contributed by atoms with E-state index in [1.54, 1.807) is 0 Å². The van der Waals surface area contributed by atoms with Crippen molar-refractivity contribution in [1.29, 1.82) is 0 Å². The van der Waals surface area contributed by atoms with Gasteiger partial charge in [0.1, 0.15) is 3.74 Å². The van der Waals surface area contributed by atoms with Gasteiger partial charge < -0.3 is 0 Å². The van der Waals surface area contributed by atoms with Gasteiger partial charge in [-0.25, -0.2) is 0 Å². The summed E-state index contributed by atoms with van der Waals surface area (Å²) in [4.78, 5) is 11.9. The smallest absolute Gasteiger partial charge is 0.187 e. The molecule has 18 heavy (non-hydrogen) atoms. The van der Waals surface area contributed by atoms with Crippen molar-refractivity contribution in [2.45, 2.75) is 3.74 Å². The SMILES string of the molecule is O=C(c1cccc(-c2ccccc2I)c1)C(Br)Br. The van der Waals surface area contributed by atoms with Crippen LogP contribution in [0.25, 0.3) is 11.1 Å². The number of carbonyl (C=O) groups excluding carboxylic acids is 1. The van der Waals surface area contributed by atoms with Crippen molar-refractivity contribution >= 4 is 60.2 Å². The highest BCUT2D eigenvalue weighted by molar-refractivity contribution is 14.1. The maximum atomic E-state index is 11.9. The highest BCUT2D eigenvalue weighted by atomic mass is 127. The van der Waals surface area contributed by atoms with Gasteiger partial charge in [-0.3, -0.25) is 4.79 Å². The topological polar surface area (TPSA) is 17.1 Å². The molecular weight excluding hydrogens is 471 g/mol. The van der Waals surface area contributed by atoms with E-state index in [9.17, 15) is 4.79 Å². The van der Waals surface area contributed by atoms with Gasteiger partial charge in [0.15, 0.2) is 5.78 Å². The molecule has 0 amide bonds. The quantitative estimate of drug-likeness (QED) is 0.333. The molecule has 1 nitrogen and oxygen atoms in total. The second-order valence-electron chi connectivity index (χ2n) is 3.73.